The number of Topliss-reactive ketones (excluding diaryl/α,β-unsaturated/α-hetero) is 1. The lowest BCUT2D eigenvalue weighted by atomic mass is 9.72. The predicted octanol–water partition coefficient (Wildman–Crippen LogP) is 5.92. The Balaban J connectivity index is 1.78. The third kappa shape index (κ3) is 4.28. The molecule has 0 unspecified atom stereocenters. The number of ketones is 1. The zero-order valence-electron chi connectivity index (χ0n) is 17.4. The zero-order chi connectivity index (χ0) is 22.1. The molecule has 4 rings (SSSR count). The van der Waals surface area contributed by atoms with E-state index < -0.39 is 11.9 Å². The summed E-state index contributed by atoms with van der Waals surface area (Å²) in [7, 11) is 0. The van der Waals surface area contributed by atoms with Crippen molar-refractivity contribution in [2.45, 2.75) is 38.5 Å². The van der Waals surface area contributed by atoms with Crippen LogP contribution in [0.2, 0.25) is 10.0 Å². The number of carbonyl (C=O) groups is 2. The topological polar surface area (TPSA) is 55.4 Å². The van der Waals surface area contributed by atoms with Gasteiger partial charge < -0.3 is 10.1 Å². The molecule has 4 nitrogen and oxygen atoms in total. The Labute approximate surface area is 191 Å². The summed E-state index contributed by atoms with van der Waals surface area (Å²) in [5.74, 6) is -0.806. The fourth-order valence-corrected chi connectivity index (χ4v) is 4.73. The standard InChI is InChI=1S/C25H23Cl2NO3/c1-3-31-25(30)22-14(2)28-20-12-17(15-4-8-18(26)9-5-15)13-21(29)24(20)23(22)16-6-10-19(27)11-7-16/h4-11,17,23,28H,3,12-13H2,1-2H3/t17-,23+/m1/s1. The van der Waals surface area contributed by atoms with Gasteiger partial charge in [-0.2, -0.15) is 0 Å². The van der Waals surface area contributed by atoms with E-state index in [0.29, 0.717) is 39.7 Å². The summed E-state index contributed by atoms with van der Waals surface area (Å²) in [6.45, 7) is 3.89. The van der Waals surface area contributed by atoms with Gasteiger partial charge in [-0.3, -0.25) is 4.79 Å². The van der Waals surface area contributed by atoms with Crippen molar-refractivity contribution in [3.05, 3.63) is 92.2 Å². The van der Waals surface area contributed by atoms with Crippen molar-refractivity contribution in [1.82, 2.24) is 5.32 Å². The molecule has 0 amide bonds. The minimum absolute atomic E-state index is 0.0305. The molecule has 0 saturated carbocycles. The van der Waals surface area contributed by atoms with Crippen LogP contribution in [0, 0.1) is 0 Å². The van der Waals surface area contributed by atoms with E-state index in [2.05, 4.69) is 5.32 Å². The Bertz CT molecular complexity index is 1080. The zero-order valence-corrected chi connectivity index (χ0v) is 18.9. The molecule has 6 heteroatoms. The molecule has 1 heterocycles. The molecule has 0 aromatic heterocycles. The number of hydrogen-bond donors (Lipinski definition) is 1. The summed E-state index contributed by atoms with van der Waals surface area (Å²) in [5.41, 5.74) is 4.61. The first-order valence-electron chi connectivity index (χ1n) is 10.3. The average molecular weight is 456 g/mol. The van der Waals surface area contributed by atoms with Crippen molar-refractivity contribution in [1.29, 1.82) is 0 Å². The number of esters is 1. The van der Waals surface area contributed by atoms with Crippen LogP contribution in [0.1, 0.15) is 49.7 Å². The third-order valence-electron chi connectivity index (χ3n) is 5.87. The van der Waals surface area contributed by atoms with Gasteiger partial charge in [0.15, 0.2) is 5.78 Å². The number of nitrogens with one attached hydrogen (secondary N) is 1. The summed E-state index contributed by atoms with van der Waals surface area (Å²) < 4.78 is 5.33. The highest BCUT2D eigenvalue weighted by Crippen LogP contribution is 2.45. The van der Waals surface area contributed by atoms with Gasteiger partial charge in [-0.1, -0.05) is 47.5 Å². The van der Waals surface area contributed by atoms with Gasteiger partial charge in [-0.05, 0) is 61.6 Å². The normalized spacial score (nSPS) is 21.0. The second-order valence-electron chi connectivity index (χ2n) is 7.84. The third-order valence-corrected chi connectivity index (χ3v) is 6.37. The molecular formula is C25H23Cl2NO3. The van der Waals surface area contributed by atoms with Crippen LogP contribution in [-0.2, 0) is 14.3 Å². The van der Waals surface area contributed by atoms with E-state index in [9.17, 15) is 9.59 Å². The number of halogens is 2. The predicted molar refractivity (Wildman–Crippen MR) is 122 cm³/mol. The monoisotopic (exact) mass is 455 g/mol. The first-order valence-corrected chi connectivity index (χ1v) is 11.1. The van der Waals surface area contributed by atoms with Gasteiger partial charge >= 0.3 is 5.97 Å². The molecule has 160 valence electrons. The highest BCUT2D eigenvalue weighted by molar-refractivity contribution is 6.30. The quantitative estimate of drug-likeness (QED) is 0.581. The summed E-state index contributed by atoms with van der Waals surface area (Å²) in [6.07, 6.45) is 1.06. The molecule has 0 saturated heterocycles. The Morgan fingerprint density at radius 2 is 1.58 bits per heavy atom. The van der Waals surface area contributed by atoms with Gasteiger partial charge in [0.05, 0.1) is 12.2 Å². The number of hydrogen-bond acceptors (Lipinski definition) is 4. The van der Waals surface area contributed by atoms with Crippen molar-refractivity contribution in [3.63, 3.8) is 0 Å². The molecule has 2 atom stereocenters. The highest BCUT2D eigenvalue weighted by atomic mass is 35.5. The number of ether oxygens (including phenoxy) is 1. The smallest absolute Gasteiger partial charge is 0.336 e. The summed E-state index contributed by atoms with van der Waals surface area (Å²) in [5, 5.41) is 4.61. The van der Waals surface area contributed by atoms with Gasteiger partial charge in [0.25, 0.3) is 0 Å². The number of benzene rings is 2. The van der Waals surface area contributed by atoms with Gasteiger partial charge in [-0.25, -0.2) is 4.79 Å². The average Bonchev–Trinajstić information content (AvgIpc) is 2.74. The fraction of sp³-hybridized carbons (Fsp3) is 0.280. The van der Waals surface area contributed by atoms with Gasteiger partial charge in [0.2, 0.25) is 0 Å². The number of allylic oxidation sites excluding steroid dienone is 3. The first-order chi connectivity index (χ1) is 14.9. The van der Waals surface area contributed by atoms with E-state index in [-0.39, 0.29) is 18.3 Å². The van der Waals surface area contributed by atoms with Crippen LogP contribution in [0.4, 0.5) is 0 Å². The molecule has 31 heavy (non-hydrogen) atoms. The number of rotatable bonds is 4. The molecular weight excluding hydrogens is 433 g/mol. The van der Waals surface area contributed by atoms with Crippen LogP contribution in [0.25, 0.3) is 0 Å². The molecule has 0 spiro atoms. The molecule has 0 bridgehead atoms. The van der Waals surface area contributed by atoms with Crippen LogP contribution in [0.15, 0.2) is 71.1 Å². The number of dihydropyridines is 1. The van der Waals surface area contributed by atoms with Crippen LogP contribution in [0.3, 0.4) is 0 Å². The Kier molecular flexibility index (Phi) is 6.22. The van der Waals surface area contributed by atoms with Crippen LogP contribution >= 0.6 is 23.2 Å². The van der Waals surface area contributed by atoms with E-state index in [1.807, 2.05) is 43.3 Å². The second kappa shape index (κ2) is 8.89. The van der Waals surface area contributed by atoms with Crippen LogP contribution < -0.4 is 5.32 Å². The SMILES string of the molecule is CCOC(=O)C1=C(C)NC2=C(C(=O)C[C@H](c3ccc(Cl)cc3)C2)[C@H]1c1ccc(Cl)cc1. The molecule has 1 aliphatic carbocycles. The minimum atomic E-state index is -0.480. The maximum absolute atomic E-state index is 13.4. The van der Waals surface area contributed by atoms with Crippen LogP contribution in [0.5, 0.6) is 0 Å². The highest BCUT2D eigenvalue weighted by Gasteiger charge is 2.41. The summed E-state index contributed by atoms with van der Waals surface area (Å²) >= 11 is 12.1. The largest absolute Gasteiger partial charge is 0.463 e. The fourth-order valence-electron chi connectivity index (χ4n) is 4.48. The maximum Gasteiger partial charge on any atom is 0.336 e. The Hall–Kier alpha value is -2.56. The number of carbonyl (C=O) groups excluding carboxylic acids is 2. The maximum atomic E-state index is 13.4. The molecule has 2 aliphatic rings. The van der Waals surface area contributed by atoms with Crippen molar-refractivity contribution in [2.24, 2.45) is 0 Å². The first kappa shape index (κ1) is 21.7. The van der Waals surface area contributed by atoms with Crippen molar-refractivity contribution < 1.29 is 14.3 Å². The van der Waals surface area contributed by atoms with Gasteiger partial charge in [-0.15, -0.1) is 0 Å². The molecule has 1 N–H and O–H groups in total. The van der Waals surface area contributed by atoms with Crippen molar-refractivity contribution >= 4 is 35.0 Å². The van der Waals surface area contributed by atoms with Gasteiger partial charge in [0, 0.05) is 39.4 Å². The van der Waals surface area contributed by atoms with Crippen molar-refractivity contribution in [2.75, 3.05) is 6.61 Å². The Morgan fingerprint density at radius 3 is 2.16 bits per heavy atom. The summed E-state index contributed by atoms with van der Waals surface area (Å²) in [4.78, 5) is 26.3. The Morgan fingerprint density at radius 1 is 1.00 bits per heavy atom. The molecule has 1 aliphatic heterocycles. The van der Waals surface area contributed by atoms with Crippen LogP contribution in [-0.4, -0.2) is 18.4 Å². The van der Waals surface area contributed by atoms with E-state index in [1.54, 1.807) is 19.1 Å². The van der Waals surface area contributed by atoms with E-state index in [1.165, 1.54) is 0 Å². The lowest BCUT2D eigenvalue weighted by Gasteiger charge is -2.36. The van der Waals surface area contributed by atoms with E-state index in [4.69, 9.17) is 27.9 Å². The van der Waals surface area contributed by atoms with Gasteiger partial charge in [0.1, 0.15) is 0 Å². The van der Waals surface area contributed by atoms with E-state index >= 15 is 0 Å². The lowest BCUT2D eigenvalue weighted by molar-refractivity contribution is -0.138. The molecule has 0 radical (unpaired) electrons. The lowest BCUT2D eigenvalue weighted by Crippen LogP contribution is -2.36. The van der Waals surface area contributed by atoms with Crippen molar-refractivity contribution in [3.8, 4) is 0 Å². The molecule has 2 aromatic carbocycles. The van der Waals surface area contributed by atoms with E-state index in [0.717, 1.165) is 16.8 Å². The second-order valence-corrected chi connectivity index (χ2v) is 8.71. The molecule has 2 aromatic rings. The minimum Gasteiger partial charge on any atom is -0.463 e. The molecule has 0 fully saturated rings. The summed E-state index contributed by atoms with van der Waals surface area (Å²) in [6, 6.07) is 14.9.